The third kappa shape index (κ3) is 3.17. The Morgan fingerprint density at radius 1 is 1.53 bits per heavy atom. The fraction of sp³-hybridized carbons (Fsp3) is 0.615. The van der Waals surface area contributed by atoms with Crippen LogP contribution in [0.4, 0.5) is 5.82 Å². The van der Waals surface area contributed by atoms with Crippen LogP contribution in [0.15, 0.2) is 18.3 Å². The normalized spacial score (nSPS) is 21.4. The first kappa shape index (κ1) is 12.3. The SMILES string of the molecule is CNc1cc(CN2CCCCC2CO)ccn1. The number of hydrogen-bond acceptors (Lipinski definition) is 4. The summed E-state index contributed by atoms with van der Waals surface area (Å²) in [6.45, 7) is 2.26. The molecule has 0 bridgehead atoms. The minimum Gasteiger partial charge on any atom is -0.395 e. The second kappa shape index (κ2) is 5.98. The Kier molecular flexibility index (Phi) is 4.34. The maximum atomic E-state index is 9.37. The zero-order chi connectivity index (χ0) is 12.1. The van der Waals surface area contributed by atoms with Crippen molar-refractivity contribution in [1.29, 1.82) is 0 Å². The van der Waals surface area contributed by atoms with Gasteiger partial charge in [-0.3, -0.25) is 4.90 Å². The van der Waals surface area contributed by atoms with Crippen LogP contribution >= 0.6 is 0 Å². The van der Waals surface area contributed by atoms with Crippen molar-refractivity contribution in [3.8, 4) is 0 Å². The van der Waals surface area contributed by atoms with Crippen molar-refractivity contribution in [3.05, 3.63) is 23.9 Å². The topological polar surface area (TPSA) is 48.4 Å². The van der Waals surface area contributed by atoms with Gasteiger partial charge in [0.05, 0.1) is 6.61 Å². The molecule has 1 aliphatic heterocycles. The Morgan fingerprint density at radius 2 is 2.41 bits per heavy atom. The van der Waals surface area contributed by atoms with E-state index in [9.17, 15) is 5.11 Å². The fourth-order valence-corrected chi connectivity index (χ4v) is 2.42. The van der Waals surface area contributed by atoms with Crippen LogP contribution in [-0.4, -0.2) is 41.2 Å². The summed E-state index contributed by atoms with van der Waals surface area (Å²) in [4.78, 5) is 6.58. The molecule has 2 heterocycles. The van der Waals surface area contributed by atoms with Gasteiger partial charge in [0.15, 0.2) is 0 Å². The smallest absolute Gasteiger partial charge is 0.125 e. The summed E-state index contributed by atoms with van der Waals surface area (Å²) in [5.41, 5.74) is 1.25. The van der Waals surface area contributed by atoms with E-state index in [1.807, 2.05) is 19.3 Å². The molecular formula is C13H21N3O. The third-order valence-corrected chi connectivity index (χ3v) is 3.43. The number of pyridine rings is 1. The van der Waals surface area contributed by atoms with E-state index in [1.54, 1.807) is 0 Å². The van der Waals surface area contributed by atoms with Crippen molar-refractivity contribution in [2.45, 2.75) is 31.8 Å². The Morgan fingerprint density at radius 3 is 3.18 bits per heavy atom. The van der Waals surface area contributed by atoms with Gasteiger partial charge in [0.1, 0.15) is 5.82 Å². The number of likely N-dealkylation sites (tertiary alicyclic amines) is 1. The lowest BCUT2D eigenvalue weighted by Crippen LogP contribution is -2.41. The second-order valence-electron chi connectivity index (χ2n) is 4.60. The average Bonchev–Trinajstić information content (AvgIpc) is 2.39. The number of aliphatic hydroxyl groups excluding tert-OH is 1. The largest absolute Gasteiger partial charge is 0.395 e. The number of rotatable bonds is 4. The van der Waals surface area contributed by atoms with Crippen LogP contribution in [-0.2, 0) is 6.54 Å². The fourth-order valence-electron chi connectivity index (χ4n) is 2.42. The maximum absolute atomic E-state index is 9.37. The van der Waals surface area contributed by atoms with E-state index in [4.69, 9.17) is 0 Å². The van der Waals surface area contributed by atoms with Gasteiger partial charge in [-0.1, -0.05) is 6.42 Å². The van der Waals surface area contributed by atoms with Crippen LogP contribution in [0.5, 0.6) is 0 Å². The lowest BCUT2D eigenvalue weighted by atomic mass is 10.0. The number of nitrogens with one attached hydrogen (secondary N) is 1. The molecular weight excluding hydrogens is 214 g/mol. The molecule has 0 saturated carbocycles. The van der Waals surface area contributed by atoms with E-state index in [1.165, 1.54) is 18.4 Å². The molecule has 94 valence electrons. The summed E-state index contributed by atoms with van der Waals surface area (Å²) < 4.78 is 0. The molecule has 1 aromatic heterocycles. The first-order chi connectivity index (χ1) is 8.33. The molecule has 0 amide bonds. The van der Waals surface area contributed by atoms with E-state index < -0.39 is 0 Å². The molecule has 0 aromatic carbocycles. The van der Waals surface area contributed by atoms with Gasteiger partial charge in [-0.25, -0.2) is 4.98 Å². The van der Waals surface area contributed by atoms with Crippen molar-refractivity contribution in [1.82, 2.24) is 9.88 Å². The number of nitrogens with zero attached hydrogens (tertiary/aromatic N) is 2. The van der Waals surface area contributed by atoms with Crippen LogP contribution < -0.4 is 5.32 Å². The minimum atomic E-state index is 0.268. The van der Waals surface area contributed by atoms with E-state index in [2.05, 4.69) is 21.3 Å². The first-order valence-corrected chi connectivity index (χ1v) is 6.31. The lowest BCUT2D eigenvalue weighted by molar-refractivity contribution is 0.0841. The van der Waals surface area contributed by atoms with Gasteiger partial charge >= 0.3 is 0 Å². The summed E-state index contributed by atoms with van der Waals surface area (Å²) in [6, 6.07) is 4.45. The number of aromatic nitrogens is 1. The molecule has 1 aromatic rings. The van der Waals surface area contributed by atoms with E-state index in [0.29, 0.717) is 6.04 Å². The van der Waals surface area contributed by atoms with Crippen LogP contribution in [0.2, 0.25) is 0 Å². The molecule has 4 heteroatoms. The monoisotopic (exact) mass is 235 g/mol. The maximum Gasteiger partial charge on any atom is 0.125 e. The molecule has 1 fully saturated rings. The van der Waals surface area contributed by atoms with Gasteiger partial charge in [0.25, 0.3) is 0 Å². The summed E-state index contributed by atoms with van der Waals surface area (Å²) in [5, 5.41) is 12.4. The molecule has 1 unspecified atom stereocenters. The Labute approximate surface area is 103 Å². The quantitative estimate of drug-likeness (QED) is 0.829. The molecule has 1 aliphatic rings. The van der Waals surface area contributed by atoms with Crippen molar-refractivity contribution >= 4 is 5.82 Å². The Balaban J connectivity index is 2.02. The van der Waals surface area contributed by atoms with Gasteiger partial charge in [0.2, 0.25) is 0 Å². The number of aliphatic hydroxyl groups is 1. The number of anilines is 1. The van der Waals surface area contributed by atoms with Gasteiger partial charge in [-0.15, -0.1) is 0 Å². The second-order valence-corrected chi connectivity index (χ2v) is 4.60. The molecule has 1 atom stereocenters. The zero-order valence-corrected chi connectivity index (χ0v) is 10.4. The Bertz CT molecular complexity index is 356. The van der Waals surface area contributed by atoms with Gasteiger partial charge < -0.3 is 10.4 Å². The summed E-state index contributed by atoms with van der Waals surface area (Å²) in [7, 11) is 1.88. The van der Waals surface area contributed by atoms with Crippen molar-refractivity contribution in [2.24, 2.45) is 0 Å². The van der Waals surface area contributed by atoms with Gasteiger partial charge in [0, 0.05) is 25.8 Å². The van der Waals surface area contributed by atoms with Crippen molar-refractivity contribution in [2.75, 3.05) is 25.5 Å². The predicted molar refractivity (Wildman–Crippen MR) is 68.9 cm³/mol. The van der Waals surface area contributed by atoms with Crippen molar-refractivity contribution < 1.29 is 5.11 Å². The zero-order valence-electron chi connectivity index (χ0n) is 10.4. The predicted octanol–water partition coefficient (Wildman–Crippen LogP) is 1.47. The van der Waals surface area contributed by atoms with Gasteiger partial charge in [-0.05, 0) is 37.1 Å². The molecule has 2 N–H and O–H groups in total. The molecule has 0 aliphatic carbocycles. The molecule has 1 saturated heterocycles. The van der Waals surface area contributed by atoms with Crippen LogP contribution in [0, 0.1) is 0 Å². The highest BCUT2D eigenvalue weighted by Gasteiger charge is 2.21. The van der Waals surface area contributed by atoms with E-state index >= 15 is 0 Å². The average molecular weight is 235 g/mol. The number of piperidine rings is 1. The highest BCUT2D eigenvalue weighted by Crippen LogP contribution is 2.19. The van der Waals surface area contributed by atoms with Gasteiger partial charge in [-0.2, -0.15) is 0 Å². The van der Waals surface area contributed by atoms with Crippen LogP contribution in [0.1, 0.15) is 24.8 Å². The summed E-state index contributed by atoms with van der Waals surface area (Å²) in [6.07, 6.45) is 5.42. The molecule has 17 heavy (non-hydrogen) atoms. The van der Waals surface area contributed by atoms with Crippen LogP contribution in [0.25, 0.3) is 0 Å². The molecule has 0 radical (unpaired) electrons. The molecule has 2 rings (SSSR count). The summed E-state index contributed by atoms with van der Waals surface area (Å²) >= 11 is 0. The van der Waals surface area contributed by atoms with Crippen LogP contribution in [0.3, 0.4) is 0 Å². The molecule has 4 nitrogen and oxygen atoms in total. The summed E-state index contributed by atoms with van der Waals surface area (Å²) in [5.74, 6) is 0.903. The highest BCUT2D eigenvalue weighted by atomic mass is 16.3. The molecule has 0 spiro atoms. The number of hydrogen-bond donors (Lipinski definition) is 2. The standard InChI is InChI=1S/C13H21N3O/c1-14-13-8-11(5-6-15-13)9-16-7-3-2-4-12(16)10-17/h5-6,8,12,17H,2-4,7,9-10H2,1H3,(H,14,15). The highest BCUT2D eigenvalue weighted by molar-refractivity contribution is 5.36. The first-order valence-electron chi connectivity index (χ1n) is 6.31. The van der Waals surface area contributed by atoms with E-state index in [0.717, 1.165) is 25.3 Å². The third-order valence-electron chi connectivity index (χ3n) is 3.43. The van der Waals surface area contributed by atoms with Crippen molar-refractivity contribution in [3.63, 3.8) is 0 Å². The minimum absolute atomic E-state index is 0.268. The Hall–Kier alpha value is -1.13. The van der Waals surface area contributed by atoms with E-state index in [-0.39, 0.29) is 6.61 Å². The lowest BCUT2D eigenvalue weighted by Gasteiger charge is -2.34.